The number of hydrogen-bond donors (Lipinski definition) is 1. The third kappa shape index (κ3) is 4.96. The summed E-state index contributed by atoms with van der Waals surface area (Å²) in [5.41, 5.74) is 3.30. The zero-order valence-corrected chi connectivity index (χ0v) is 16.5. The van der Waals surface area contributed by atoms with Gasteiger partial charge >= 0.3 is 0 Å². The SMILES string of the molecule is CC1=CC(OCc2ccc(F)cc2F)=C(Br)CN1Cc1cccc(CO)c1. The molecule has 142 valence electrons. The van der Waals surface area contributed by atoms with Crippen LogP contribution in [0.3, 0.4) is 0 Å². The predicted molar refractivity (Wildman–Crippen MR) is 104 cm³/mol. The van der Waals surface area contributed by atoms with Gasteiger partial charge in [-0.2, -0.15) is 0 Å². The average molecular weight is 436 g/mol. The van der Waals surface area contributed by atoms with Crippen molar-refractivity contribution in [2.45, 2.75) is 26.7 Å². The summed E-state index contributed by atoms with van der Waals surface area (Å²) in [6.07, 6.45) is 1.89. The number of nitrogens with zero attached hydrogens (tertiary/aromatic N) is 1. The molecule has 3 nitrogen and oxygen atoms in total. The van der Waals surface area contributed by atoms with Gasteiger partial charge in [-0.15, -0.1) is 0 Å². The number of rotatable bonds is 6. The van der Waals surface area contributed by atoms with Crippen molar-refractivity contribution >= 4 is 15.9 Å². The highest BCUT2D eigenvalue weighted by Crippen LogP contribution is 2.28. The average Bonchev–Trinajstić information content (AvgIpc) is 2.64. The summed E-state index contributed by atoms with van der Waals surface area (Å²) in [6, 6.07) is 11.3. The van der Waals surface area contributed by atoms with Crippen LogP contribution in [-0.4, -0.2) is 16.6 Å². The molecule has 0 radical (unpaired) electrons. The summed E-state index contributed by atoms with van der Waals surface area (Å²) in [4.78, 5) is 2.17. The smallest absolute Gasteiger partial charge is 0.133 e. The van der Waals surface area contributed by atoms with E-state index in [0.717, 1.165) is 27.4 Å². The molecule has 0 atom stereocenters. The second-order valence-corrected chi connectivity index (χ2v) is 7.37. The Bertz CT molecular complexity index is 896. The Kier molecular flexibility index (Phi) is 6.29. The minimum Gasteiger partial charge on any atom is -0.488 e. The molecule has 27 heavy (non-hydrogen) atoms. The molecule has 1 heterocycles. The van der Waals surface area contributed by atoms with Crippen LogP contribution >= 0.6 is 15.9 Å². The van der Waals surface area contributed by atoms with Crippen LogP contribution in [0.1, 0.15) is 23.6 Å². The Morgan fingerprint density at radius 2 is 1.93 bits per heavy atom. The van der Waals surface area contributed by atoms with E-state index in [-0.39, 0.29) is 13.2 Å². The van der Waals surface area contributed by atoms with Crippen molar-refractivity contribution in [2.24, 2.45) is 0 Å². The van der Waals surface area contributed by atoms with Crippen LogP contribution in [0.2, 0.25) is 0 Å². The van der Waals surface area contributed by atoms with Gasteiger partial charge < -0.3 is 14.7 Å². The number of benzene rings is 2. The van der Waals surface area contributed by atoms with E-state index in [4.69, 9.17) is 4.74 Å². The van der Waals surface area contributed by atoms with Crippen molar-refractivity contribution in [1.82, 2.24) is 4.90 Å². The van der Waals surface area contributed by atoms with Gasteiger partial charge in [-0.05, 0) is 52.2 Å². The van der Waals surface area contributed by atoms with Crippen LogP contribution in [-0.2, 0) is 24.5 Å². The van der Waals surface area contributed by atoms with Crippen LogP contribution in [0.15, 0.2) is 64.5 Å². The maximum absolute atomic E-state index is 13.8. The molecular formula is C21H20BrF2NO2. The first-order valence-electron chi connectivity index (χ1n) is 8.53. The van der Waals surface area contributed by atoms with Crippen molar-refractivity contribution < 1.29 is 18.6 Å². The van der Waals surface area contributed by atoms with Gasteiger partial charge in [0.05, 0.1) is 17.6 Å². The van der Waals surface area contributed by atoms with Crippen LogP contribution in [0.25, 0.3) is 0 Å². The first-order valence-corrected chi connectivity index (χ1v) is 9.33. The molecule has 3 rings (SSSR count). The number of halogens is 3. The van der Waals surface area contributed by atoms with Crippen molar-refractivity contribution in [3.05, 3.63) is 92.8 Å². The summed E-state index contributed by atoms with van der Waals surface area (Å²) in [7, 11) is 0. The Morgan fingerprint density at radius 1 is 1.15 bits per heavy atom. The first-order chi connectivity index (χ1) is 13.0. The lowest BCUT2D eigenvalue weighted by Gasteiger charge is -2.30. The summed E-state index contributed by atoms with van der Waals surface area (Å²) in [6.45, 7) is 3.35. The third-order valence-corrected chi connectivity index (χ3v) is 5.02. The number of allylic oxidation sites excluding steroid dienone is 2. The quantitative estimate of drug-likeness (QED) is 0.692. The summed E-state index contributed by atoms with van der Waals surface area (Å²) >= 11 is 3.54. The molecule has 6 heteroatoms. The zero-order chi connectivity index (χ0) is 19.4. The Labute approximate surface area is 165 Å². The van der Waals surface area contributed by atoms with E-state index in [1.54, 1.807) is 0 Å². The fraction of sp³-hybridized carbons (Fsp3) is 0.238. The highest BCUT2D eigenvalue weighted by molar-refractivity contribution is 9.11. The molecule has 0 unspecified atom stereocenters. The fourth-order valence-corrected chi connectivity index (χ4v) is 3.40. The minimum absolute atomic E-state index is 0.0180. The van der Waals surface area contributed by atoms with E-state index in [2.05, 4.69) is 20.8 Å². The highest BCUT2D eigenvalue weighted by atomic mass is 79.9. The number of aliphatic hydroxyl groups is 1. The van der Waals surface area contributed by atoms with Crippen LogP contribution < -0.4 is 0 Å². The largest absolute Gasteiger partial charge is 0.488 e. The van der Waals surface area contributed by atoms with E-state index in [0.29, 0.717) is 24.4 Å². The normalized spacial score (nSPS) is 14.4. The fourth-order valence-electron chi connectivity index (χ4n) is 2.87. The number of ether oxygens (including phenoxy) is 1. The maximum Gasteiger partial charge on any atom is 0.133 e. The first kappa shape index (κ1) is 19.6. The lowest BCUT2D eigenvalue weighted by atomic mass is 10.1. The van der Waals surface area contributed by atoms with Gasteiger partial charge in [-0.25, -0.2) is 8.78 Å². The molecule has 0 aromatic heterocycles. The topological polar surface area (TPSA) is 32.7 Å². The Balaban J connectivity index is 1.66. The molecule has 1 aliphatic rings. The highest BCUT2D eigenvalue weighted by Gasteiger charge is 2.18. The zero-order valence-electron chi connectivity index (χ0n) is 14.9. The standard InChI is InChI=1S/C21H20BrF2NO2/c1-14-7-21(27-13-17-5-6-18(23)9-20(17)24)19(22)11-25(14)10-15-3-2-4-16(8-15)12-26/h2-9,26H,10-13H2,1H3. The van der Waals surface area contributed by atoms with Gasteiger partial charge in [-0.1, -0.05) is 24.3 Å². The van der Waals surface area contributed by atoms with E-state index in [1.807, 2.05) is 37.3 Å². The molecule has 2 aromatic rings. The lowest BCUT2D eigenvalue weighted by Crippen LogP contribution is -2.26. The monoisotopic (exact) mass is 435 g/mol. The summed E-state index contributed by atoms with van der Waals surface area (Å²) < 4.78 is 33.4. The van der Waals surface area contributed by atoms with Gasteiger partial charge in [0.2, 0.25) is 0 Å². The van der Waals surface area contributed by atoms with Crippen molar-refractivity contribution in [3.63, 3.8) is 0 Å². The molecule has 2 aromatic carbocycles. The molecule has 0 fully saturated rings. The van der Waals surface area contributed by atoms with Gasteiger partial charge in [0.25, 0.3) is 0 Å². The second-order valence-electron chi connectivity index (χ2n) is 6.41. The van der Waals surface area contributed by atoms with Crippen LogP contribution in [0, 0.1) is 11.6 Å². The van der Waals surface area contributed by atoms with Gasteiger partial charge in [-0.3, -0.25) is 0 Å². The number of aliphatic hydroxyl groups excluding tert-OH is 1. The van der Waals surface area contributed by atoms with Gasteiger partial charge in [0.15, 0.2) is 0 Å². The number of hydrogen-bond acceptors (Lipinski definition) is 3. The van der Waals surface area contributed by atoms with Gasteiger partial charge in [0, 0.05) is 23.9 Å². The summed E-state index contributed by atoms with van der Waals surface area (Å²) in [5.74, 6) is -0.587. The molecular weight excluding hydrogens is 416 g/mol. The minimum atomic E-state index is -0.617. The third-order valence-electron chi connectivity index (χ3n) is 4.38. The maximum atomic E-state index is 13.8. The molecule has 1 N–H and O–H groups in total. The molecule has 0 spiro atoms. The van der Waals surface area contributed by atoms with Crippen molar-refractivity contribution in [1.29, 1.82) is 0 Å². The second kappa shape index (κ2) is 8.67. The van der Waals surface area contributed by atoms with Crippen molar-refractivity contribution in [3.8, 4) is 0 Å². The van der Waals surface area contributed by atoms with E-state index in [1.165, 1.54) is 12.1 Å². The van der Waals surface area contributed by atoms with E-state index < -0.39 is 11.6 Å². The lowest BCUT2D eigenvalue weighted by molar-refractivity contribution is 0.197. The molecule has 0 saturated carbocycles. The Hall–Kier alpha value is -2.18. The van der Waals surface area contributed by atoms with Gasteiger partial charge in [0.1, 0.15) is 24.0 Å². The van der Waals surface area contributed by atoms with Crippen LogP contribution in [0.4, 0.5) is 8.78 Å². The van der Waals surface area contributed by atoms with Crippen molar-refractivity contribution in [2.75, 3.05) is 6.54 Å². The molecule has 1 aliphatic heterocycles. The van der Waals surface area contributed by atoms with E-state index >= 15 is 0 Å². The molecule has 0 aliphatic carbocycles. The molecule has 0 amide bonds. The molecule has 0 saturated heterocycles. The predicted octanol–water partition coefficient (Wildman–Crippen LogP) is 5.00. The van der Waals surface area contributed by atoms with E-state index in [9.17, 15) is 13.9 Å². The Morgan fingerprint density at radius 3 is 2.67 bits per heavy atom. The molecule has 0 bridgehead atoms. The summed E-state index contributed by atoms with van der Waals surface area (Å²) in [5, 5.41) is 9.28. The van der Waals surface area contributed by atoms with Crippen LogP contribution in [0.5, 0.6) is 0 Å².